The fraction of sp³-hybridized carbons (Fsp3) is 0.875. The largest absolute Gasteiger partial charge is 0.358 e. The summed E-state index contributed by atoms with van der Waals surface area (Å²) >= 11 is 0. The molecular formula is C8H18NV-. The summed E-state index contributed by atoms with van der Waals surface area (Å²) in [6, 6.07) is 0. The van der Waals surface area contributed by atoms with Crippen molar-refractivity contribution in [2.24, 2.45) is 5.73 Å². The first-order chi connectivity index (χ1) is 3.71. The number of hydrogen-bond donors (Lipinski definition) is 1. The Hall–Kier alpha value is 0.544. The Labute approximate surface area is 76.6 Å². The summed E-state index contributed by atoms with van der Waals surface area (Å²) < 4.78 is 0. The Morgan fingerprint density at radius 1 is 1.10 bits per heavy atom. The summed E-state index contributed by atoms with van der Waals surface area (Å²) in [4.78, 5) is 0. The molecule has 0 atom stereocenters. The third kappa shape index (κ3) is 4.37. The van der Waals surface area contributed by atoms with Gasteiger partial charge in [0.25, 0.3) is 0 Å². The van der Waals surface area contributed by atoms with Crippen molar-refractivity contribution in [3.05, 3.63) is 7.43 Å². The zero-order valence-electron chi connectivity index (χ0n) is 7.06. The number of nitrogens with two attached hydrogens (primary N) is 1. The molecule has 0 unspecified atom stereocenters. The van der Waals surface area contributed by atoms with Gasteiger partial charge in [0.15, 0.2) is 0 Å². The molecule has 1 fully saturated rings. The smallest absolute Gasteiger partial charge is 0.0125 e. The van der Waals surface area contributed by atoms with Crippen molar-refractivity contribution in [1.29, 1.82) is 0 Å². The quantitative estimate of drug-likeness (QED) is 0.566. The van der Waals surface area contributed by atoms with E-state index in [9.17, 15) is 0 Å². The maximum atomic E-state index is 5.88. The van der Waals surface area contributed by atoms with E-state index >= 15 is 0 Å². The molecule has 61 valence electrons. The summed E-state index contributed by atoms with van der Waals surface area (Å²) in [6.07, 6.45) is 6.53. The summed E-state index contributed by atoms with van der Waals surface area (Å²) in [7, 11) is 0. The van der Waals surface area contributed by atoms with E-state index in [1.165, 1.54) is 32.1 Å². The molecule has 0 aromatic rings. The molecule has 0 saturated heterocycles. The van der Waals surface area contributed by atoms with Crippen LogP contribution in [0.15, 0.2) is 0 Å². The molecular weight excluding hydrogens is 161 g/mol. The van der Waals surface area contributed by atoms with E-state index in [-0.39, 0.29) is 31.5 Å². The molecule has 1 saturated carbocycles. The first kappa shape index (κ1) is 13.2. The monoisotopic (exact) mass is 179 g/mol. The van der Waals surface area contributed by atoms with Crippen LogP contribution in [0.5, 0.6) is 0 Å². The topological polar surface area (TPSA) is 26.0 Å². The Kier molecular flexibility index (Phi) is 6.88. The summed E-state index contributed by atoms with van der Waals surface area (Å²) in [5.41, 5.74) is 6.06. The van der Waals surface area contributed by atoms with Gasteiger partial charge in [-0.15, -0.1) is 0 Å². The van der Waals surface area contributed by atoms with E-state index in [1.807, 2.05) is 0 Å². The molecule has 10 heavy (non-hydrogen) atoms. The van der Waals surface area contributed by atoms with Crippen LogP contribution in [0.1, 0.15) is 39.0 Å². The molecule has 1 aliphatic rings. The van der Waals surface area contributed by atoms with Gasteiger partial charge in [0, 0.05) is 24.1 Å². The van der Waals surface area contributed by atoms with Gasteiger partial charge in [0.1, 0.15) is 0 Å². The first-order valence-corrected chi connectivity index (χ1v) is 3.50. The van der Waals surface area contributed by atoms with Crippen LogP contribution < -0.4 is 5.73 Å². The van der Waals surface area contributed by atoms with Gasteiger partial charge < -0.3 is 13.2 Å². The van der Waals surface area contributed by atoms with Gasteiger partial charge in [0.05, 0.1) is 0 Å². The van der Waals surface area contributed by atoms with E-state index in [1.54, 1.807) is 0 Å². The standard InChI is InChI=1S/C7H15N.CH3.V/c1-7(8)5-3-2-4-6-7;;/h2-6,8H2,1H3;1H3;/q;-1;. The van der Waals surface area contributed by atoms with Crippen molar-refractivity contribution in [3.63, 3.8) is 0 Å². The van der Waals surface area contributed by atoms with Crippen LogP contribution >= 0.6 is 0 Å². The van der Waals surface area contributed by atoms with Crippen molar-refractivity contribution >= 4 is 0 Å². The van der Waals surface area contributed by atoms with Crippen LogP contribution in [0.4, 0.5) is 0 Å². The third-order valence-electron chi connectivity index (χ3n) is 2.00. The predicted molar refractivity (Wildman–Crippen MR) is 42.1 cm³/mol. The molecule has 2 heteroatoms. The summed E-state index contributed by atoms with van der Waals surface area (Å²) in [5, 5.41) is 0. The van der Waals surface area contributed by atoms with E-state index in [2.05, 4.69) is 6.92 Å². The average molecular weight is 179 g/mol. The van der Waals surface area contributed by atoms with Crippen LogP contribution in [0.3, 0.4) is 0 Å². The van der Waals surface area contributed by atoms with Gasteiger partial charge in [-0.25, -0.2) is 0 Å². The van der Waals surface area contributed by atoms with Crippen LogP contribution in [0.2, 0.25) is 0 Å². The van der Waals surface area contributed by atoms with E-state index < -0.39 is 0 Å². The maximum Gasteiger partial charge on any atom is 0.0125 e. The van der Waals surface area contributed by atoms with Gasteiger partial charge in [-0.1, -0.05) is 19.3 Å². The molecule has 2 N–H and O–H groups in total. The summed E-state index contributed by atoms with van der Waals surface area (Å²) in [6.45, 7) is 2.16. The SMILES string of the molecule is CC1(N)CCCCC1.[CH3-].[V]. The molecule has 0 bridgehead atoms. The van der Waals surface area contributed by atoms with E-state index in [0.717, 1.165) is 0 Å². The Bertz CT molecular complexity index is 73.3. The van der Waals surface area contributed by atoms with Crippen LogP contribution in [0.25, 0.3) is 0 Å². The molecule has 0 aromatic heterocycles. The van der Waals surface area contributed by atoms with Crippen molar-refractivity contribution < 1.29 is 18.6 Å². The van der Waals surface area contributed by atoms with Gasteiger partial charge in [-0.05, 0) is 19.8 Å². The molecule has 0 heterocycles. The minimum atomic E-state index is 0. The molecule has 0 spiro atoms. The van der Waals surface area contributed by atoms with E-state index in [0.29, 0.717) is 0 Å². The van der Waals surface area contributed by atoms with Crippen LogP contribution in [-0.2, 0) is 18.6 Å². The van der Waals surface area contributed by atoms with Crippen molar-refractivity contribution in [3.8, 4) is 0 Å². The Balaban J connectivity index is 0. The average Bonchev–Trinajstić information content (AvgIpc) is 1.65. The van der Waals surface area contributed by atoms with Crippen molar-refractivity contribution in [2.75, 3.05) is 0 Å². The van der Waals surface area contributed by atoms with Gasteiger partial charge >= 0.3 is 0 Å². The molecule has 0 amide bonds. The Morgan fingerprint density at radius 3 is 1.70 bits per heavy atom. The van der Waals surface area contributed by atoms with Crippen LogP contribution in [-0.4, -0.2) is 5.54 Å². The summed E-state index contributed by atoms with van der Waals surface area (Å²) in [5.74, 6) is 0. The third-order valence-corrected chi connectivity index (χ3v) is 2.00. The molecule has 0 aromatic carbocycles. The molecule has 1 rings (SSSR count). The van der Waals surface area contributed by atoms with Crippen molar-refractivity contribution in [2.45, 2.75) is 44.6 Å². The first-order valence-electron chi connectivity index (χ1n) is 3.50. The maximum absolute atomic E-state index is 5.88. The van der Waals surface area contributed by atoms with Gasteiger partial charge in [-0.2, -0.15) is 0 Å². The second-order valence-electron chi connectivity index (χ2n) is 3.21. The number of rotatable bonds is 0. The molecule has 1 aliphatic carbocycles. The zero-order valence-corrected chi connectivity index (χ0v) is 8.46. The molecule has 1 nitrogen and oxygen atoms in total. The molecule has 1 radical (unpaired) electrons. The van der Waals surface area contributed by atoms with Crippen molar-refractivity contribution in [1.82, 2.24) is 0 Å². The normalized spacial score (nSPS) is 22.2. The fourth-order valence-corrected chi connectivity index (χ4v) is 1.36. The van der Waals surface area contributed by atoms with Gasteiger partial charge in [-0.3, -0.25) is 0 Å². The van der Waals surface area contributed by atoms with Crippen LogP contribution in [0, 0.1) is 7.43 Å². The zero-order chi connectivity index (χ0) is 6.04. The van der Waals surface area contributed by atoms with E-state index in [4.69, 9.17) is 5.73 Å². The second-order valence-corrected chi connectivity index (χ2v) is 3.21. The minimum Gasteiger partial charge on any atom is -0.358 e. The predicted octanol–water partition coefficient (Wildman–Crippen LogP) is 2.12. The fourth-order valence-electron chi connectivity index (χ4n) is 1.36. The van der Waals surface area contributed by atoms with Gasteiger partial charge in [0.2, 0.25) is 0 Å². The molecule has 0 aliphatic heterocycles. The second kappa shape index (κ2) is 5.23. The minimum absolute atomic E-state index is 0. The Morgan fingerprint density at radius 2 is 1.50 bits per heavy atom. The number of hydrogen-bond acceptors (Lipinski definition) is 1.